The summed E-state index contributed by atoms with van der Waals surface area (Å²) < 4.78 is 0. The molecule has 1 atom stereocenters. The van der Waals surface area contributed by atoms with Crippen LogP contribution >= 0.6 is 11.8 Å². The summed E-state index contributed by atoms with van der Waals surface area (Å²) in [5, 5.41) is 12.5. The Kier molecular flexibility index (Phi) is 2.23. The lowest BCUT2D eigenvalue weighted by Gasteiger charge is -2.31. The highest BCUT2D eigenvalue weighted by atomic mass is 32.2. The highest BCUT2D eigenvalue weighted by molar-refractivity contribution is 8.01. The largest absolute Gasteiger partial charge is 0.370 e. The third-order valence-electron chi connectivity index (χ3n) is 1.50. The molecule has 1 aliphatic heterocycles. The van der Waals surface area contributed by atoms with Crippen molar-refractivity contribution in [1.82, 2.24) is 4.90 Å². The van der Waals surface area contributed by atoms with E-state index in [0.29, 0.717) is 0 Å². The summed E-state index contributed by atoms with van der Waals surface area (Å²) in [5.41, 5.74) is 4.43. The standard InChI is InChI=1S/C6H11N2OS/c1-6(9,4-7)8-2-3-10-5-8/h2,9H,4-5,7H2,1H3/t6-/m1/s1. The van der Waals surface area contributed by atoms with E-state index in [1.807, 2.05) is 0 Å². The fourth-order valence-electron chi connectivity index (χ4n) is 0.640. The molecule has 1 aliphatic rings. The Bertz CT molecular complexity index is 147. The van der Waals surface area contributed by atoms with Crippen molar-refractivity contribution in [1.29, 1.82) is 0 Å². The fraction of sp³-hybridized carbons (Fsp3) is 0.667. The summed E-state index contributed by atoms with van der Waals surface area (Å²) in [4.78, 5) is 1.76. The topological polar surface area (TPSA) is 49.5 Å². The predicted molar refractivity (Wildman–Crippen MR) is 41.8 cm³/mol. The van der Waals surface area contributed by atoms with Gasteiger partial charge in [0.15, 0.2) is 0 Å². The molecule has 0 aliphatic carbocycles. The van der Waals surface area contributed by atoms with Crippen LogP contribution in [-0.2, 0) is 0 Å². The molecule has 3 N–H and O–H groups in total. The molecule has 57 valence electrons. The first-order valence-corrected chi connectivity index (χ1v) is 4.05. The second-order valence-electron chi connectivity index (χ2n) is 2.41. The van der Waals surface area contributed by atoms with E-state index in [4.69, 9.17) is 5.73 Å². The summed E-state index contributed by atoms with van der Waals surface area (Å²) in [6.07, 6.45) is 1.73. The Hall–Kier alpha value is -0.190. The van der Waals surface area contributed by atoms with E-state index in [1.54, 1.807) is 18.0 Å². The van der Waals surface area contributed by atoms with Gasteiger partial charge in [-0.25, -0.2) is 0 Å². The zero-order valence-corrected chi connectivity index (χ0v) is 6.69. The molecule has 1 heterocycles. The van der Waals surface area contributed by atoms with E-state index in [0.717, 1.165) is 5.88 Å². The third-order valence-corrected chi connectivity index (χ3v) is 2.18. The zero-order valence-electron chi connectivity index (χ0n) is 5.87. The Morgan fingerprint density at radius 3 is 3.10 bits per heavy atom. The summed E-state index contributed by atoms with van der Waals surface area (Å²) >= 11 is 1.53. The molecule has 10 heavy (non-hydrogen) atoms. The van der Waals surface area contributed by atoms with Crippen LogP contribution in [0.5, 0.6) is 0 Å². The van der Waals surface area contributed by atoms with Crippen molar-refractivity contribution in [2.24, 2.45) is 5.73 Å². The van der Waals surface area contributed by atoms with Crippen LogP contribution in [0.2, 0.25) is 0 Å². The highest BCUT2D eigenvalue weighted by Gasteiger charge is 2.26. The van der Waals surface area contributed by atoms with Crippen molar-refractivity contribution in [3.63, 3.8) is 0 Å². The van der Waals surface area contributed by atoms with E-state index >= 15 is 0 Å². The second-order valence-corrected chi connectivity index (χ2v) is 3.19. The minimum Gasteiger partial charge on any atom is -0.370 e. The van der Waals surface area contributed by atoms with Gasteiger partial charge in [-0.05, 0) is 6.92 Å². The lowest BCUT2D eigenvalue weighted by atomic mass is 10.2. The lowest BCUT2D eigenvalue weighted by Crippen LogP contribution is -2.47. The molecule has 0 aromatic carbocycles. The van der Waals surface area contributed by atoms with Gasteiger partial charge in [0.1, 0.15) is 5.72 Å². The molecule has 0 fully saturated rings. The second kappa shape index (κ2) is 2.82. The highest BCUT2D eigenvalue weighted by Crippen LogP contribution is 2.21. The van der Waals surface area contributed by atoms with E-state index in [1.165, 1.54) is 11.8 Å². The number of hydrogen-bond acceptors (Lipinski definition) is 4. The average Bonchev–Trinajstić information content (AvgIpc) is 2.38. The minimum atomic E-state index is -0.906. The smallest absolute Gasteiger partial charge is 0.147 e. The lowest BCUT2D eigenvalue weighted by molar-refractivity contribution is -0.0465. The summed E-state index contributed by atoms with van der Waals surface area (Å²) in [6, 6.07) is 0. The van der Waals surface area contributed by atoms with Crippen LogP contribution in [-0.4, -0.2) is 28.2 Å². The molecular formula is C6H11N2OS. The predicted octanol–water partition coefficient (Wildman–Crippen LogP) is -0.0657. The van der Waals surface area contributed by atoms with Crippen LogP contribution in [0, 0.1) is 5.41 Å². The van der Waals surface area contributed by atoms with Crippen molar-refractivity contribution in [2.45, 2.75) is 12.6 Å². The Balaban J connectivity index is 2.54. The van der Waals surface area contributed by atoms with Crippen molar-refractivity contribution in [2.75, 3.05) is 12.4 Å². The van der Waals surface area contributed by atoms with Gasteiger partial charge in [0.25, 0.3) is 0 Å². The van der Waals surface area contributed by atoms with Crippen LogP contribution in [0.15, 0.2) is 6.20 Å². The number of thioether (sulfide) groups is 1. The molecule has 0 saturated carbocycles. The normalized spacial score (nSPS) is 23.3. The number of nitrogens with two attached hydrogens (primary N) is 1. The van der Waals surface area contributed by atoms with Gasteiger partial charge < -0.3 is 15.7 Å². The van der Waals surface area contributed by atoms with Gasteiger partial charge in [-0.3, -0.25) is 0 Å². The Morgan fingerprint density at radius 1 is 2.00 bits per heavy atom. The summed E-state index contributed by atoms with van der Waals surface area (Å²) in [6.45, 7) is 1.93. The molecule has 3 nitrogen and oxygen atoms in total. The van der Waals surface area contributed by atoms with Crippen LogP contribution in [0.3, 0.4) is 0 Å². The van der Waals surface area contributed by atoms with Crippen molar-refractivity contribution >= 4 is 11.8 Å². The molecule has 0 amide bonds. The Labute approximate surface area is 64.9 Å². The summed E-state index contributed by atoms with van der Waals surface area (Å²) in [5.74, 6) is 0.740. The van der Waals surface area contributed by atoms with Gasteiger partial charge in [-0.1, -0.05) is 0 Å². The van der Waals surface area contributed by atoms with E-state index < -0.39 is 5.72 Å². The fourth-order valence-corrected chi connectivity index (χ4v) is 1.41. The quantitative estimate of drug-likeness (QED) is 0.592. The molecule has 0 spiro atoms. The van der Waals surface area contributed by atoms with E-state index in [-0.39, 0.29) is 6.54 Å². The molecule has 1 rings (SSSR count). The third kappa shape index (κ3) is 1.45. The zero-order chi connectivity index (χ0) is 7.61. The van der Waals surface area contributed by atoms with Gasteiger partial charge in [0, 0.05) is 18.2 Å². The van der Waals surface area contributed by atoms with Crippen LogP contribution < -0.4 is 5.73 Å². The number of rotatable bonds is 2. The molecule has 4 heteroatoms. The first kappa shape index (κ1) is 7.91. The molecule has 0 aromatic rings. The van der Waals surface area contributed by atoms with Crippen LogP contribution in [0.4, 0.5) is 0 Å². The number of hydrogen-bond donors (Lipinski definition) is 2. The molecule has 0 saturated heterocycles. The van der Waals surface area contributed by atoms with Gasteiger partial charge in [0.2, 0.25) is 0 Å². The average molecular weight is 159 g/mol. The van der Waals surface area contributed by atoms with Crippen LogP contribution in [0.1, 0.15) is 6.92 Å². The SMILES string of the molecule is C[C@@](O)(CN)N1C=[C]SC1. The molecule has 1 radical (unpaired) electrons. The maximum Gasteiger partial charge on any atom is 0.147 e. The van der Waals surface area contributed by atoms with Crippen molar-refractivity contribution in [3.05, 3.63) is 11.6 Å². The van der Waals surface area contributed by atoms with Crippen molar-refractivity contribution < 1.29 is 5.11 Å². The van der Waals surface area contributed by atoms with Crippen LogP contribution in [0.25, 0.3) is 0 Å². The first-order chi connectivity index (χ1) is 4.67. The first-order valence-electron chi connectivity index (χ1n) is 3.06. The maximum atomic E-state index is 9.54. The summed E-state index contributed by atoms with van der Waals surface area (Å²) in [7, 11) is 0. The monoisotopic (exact) mass is 159 g/mol. The number of aliphatic hydroxyl groups is 1. The van der Waals surface area contributed by atoms with E-state index in [2.05, 4.69) is 5.41 Å². The van der Waals surface area contributed by atoms with Gasteiger partial charge >= 0.3 is 0 Å². The minimum absolute atomic E-state index is 0.242. The van der Waals surface area contributed by atoms with Gasteiger partial charge in [-0.15, -0.1) is 11.8 Å². The molecule has 0 unspecified atom stereocenters. The Morgan fingerprint density at radius 2 is 2.70 bits per heavy atom. The van der Waals surface area contributed by atoms with Gasteiger partial charge in [-0.2, -0.15) is 0 Å². The molecule has 0 bridgehead atoms. The molecule has 0 aromatic heterocycles. The van der Waals surface area contributed by atoms with E-state index in [9.17, 15) is 5.11 Å². The van der Waals surface area contributed by atoms with Crippen molar-refractivity contribution in [3.8, 4) is 0 Å². The molecular weight excluding hydrogens is 148 g/mol. The maximum absolute atomic E-state index is 9.54. The number of nitrogens with zero attached hydrogens (tertiary/aromatic N) is 1. The van der Waals surface area contributed by atoms with Gasteiger partial charge in [0.05, 0.1) is 5.88 Å².